The predicted octanol–water partition coefficient (Wildman–Crippen LogP) is 4.73. The summed E-state index contributed by atoms with van der Waals surface area (Å²) in [5, 5.41) is 14.1. The molecule has 1 aliphatic rings. The number of carbonyl (C=O) groups excluding carboxylic acids is 1. The summed E-state index contributed by atoms with van der Waals surface area (Å²) in [7, 11) is 3.08. The zero-order chi connectivity index (χ0) is 21.8. The number of rotatable bonds is 6. The standard InChI is InChI=1S/C22H23ClN4O3S/c1-29-18-13-19(30-2)17(12-15(18)23)24-22(28)14-7-9-27(10-8-14)21-6-5-16(25-26-21)20-4-3-11-31-20/h3-6,11-14H,7-10H2,1-2H3,(H,24,28). The molecule has 0 unspecified atom stereocenters. The molecule has 0 aliphatic carbocycles. The van der Waals surface area contributed by atoms with Gasteiger partial charge < -0.3 is 19.7 Å². The van der Waals surface area contributed by atoms with Crippen molar-refractivity contribution in [3.63, 3.8) is 0 Å². The molecule has 7 nitrogen and oxygen atoms in total. The lowest BCUT2D eigenvalue weighted by Crippen LogP contribution is -2.38. The quantitative estimate of drug-likeness (QED) is 0.575. The van der Waals surface area contributed by atoms with Crippen LogP contribution in [-0.4, -0.2) is 43.4 Å². The minimum Gasteiger partial charge on any atom is -0.495 e. The average molecular weight is 459 g/mol. The lowest BCUT2D eigenvalue weighted by Gasteiger charge is -2.32. The number of thiophene rings is 1. The Balaban J connectivity index is 1.36. The molecule has 162 valence electrons. The van der Waals surface area contributed by atoms with E-state index in [0.717, 1.165) is 42.3 Å². The highest BCUT2D eigenvalue weighted by Crippen LogP contribution is 2.36. The third-order valence-electron chi connectivity index (χ3n) is 5.35. The maximum Gasteiger partial charge on any atom is 0.227 e. The summed E-state index contributed by atoms with van der Waals surface area (Å²) in [5.74, 6) is 1.70. The molecule has 9 heteroatoms. The molecule has 4 rings (SSSR count). The lowest BCUT2D eigenvalue weighted by atomic mass is 9.95. The minimum absolute atomic E-state index is 0.0432. The SMILES string of the molecule is COc1cc(OC)c(NC(=O)C2CCN(c3ccc(-c4cccs4)nn3)CC2)cc1Cl. The monoisotopic (exact) mass is 458 g/mol. The topological polar surface area (TPSA) is 76.6 Å². The number of anilines is 2. The average Bonchev–Trinajstić information content (AvgIpc) is 3.34. The number of benzene rings is 1. The number of methoxy groups -OCH3 is 2. The van der Waals surface area contributed by atoms with Gasteiger partial charge in [0.1, 0.15) is 17.2 Å². The first-order valence-electron chi connectivity index (χ1n) is 9.94. The van der Waals surface area contributed by atoms with Gasteiger partial charge in [-0.1, -0.05) is 17.7 Å². The summed E-state index contributed by atoms with van der Waals surface area (Å²) in [6, 6.07) is 11.3. The normalized spacial score (nSPS) is 14.4. The van der Waals surface area contributed by atoms with Crippen molar-refractivity contribution >= 4 is 40.4 Å². The summed E-state index contributed by atoms with van der Waals surface area (Å²) in [4.78, 5) is 16.1. The van der Waals surface area contributed by atoms with Crippen molar-refractivity contribution in [1.82, 2.24) is 10.2 Å². The number of nitrogens with zero attached hydrogens (tertiary/aromatic N) is 3. The Morgan fingerprint density at radius 3 is 2.52 bits per heavy atom. The third-order valence-corrected chi connectivity index (χ3v) is 6.53. The fourth-order valence-corrected chi connectivity index (χ4v) is 4.54. The van der Waals surface area contributed by atoms with E-state index in [0.29, 0.717) is 22.2 Å². The maximum absolute atomic E-state index is 12.8. The Hall–Kier alpha value is -2.84. The van der Waals surface area contributed by atoms with Gasteiger partial charge in [0, 0.05) is 25.1 Å². The Labute approximate surface area is 190 Å². The van der Waals surface area contributed by atoms with Crippen LogP contribution < -0.4 is 19.7 Å². The number of hydrogen-bond acceptors (Lipinski definition) is 7. The fraction of sp³-hybridized carbons (Fsp3) is 0.318. The number of carbonyl (C=O) groups is 1. The fourth-order valence-electron chi connectivity index (χ4n) is 3.61. The van der Waals surface area contributed by atoms with Crippen LogP contribution >= 0.6 is 22.9 Å². The molecule has 1 amide bonds. The van der Waals surface area contributed by atoms with Gasteiger partial charge in [-0.25, -0.2) is 0 Å². The van der Waals surface area contributed by atoms with E-state index in [1.165, 1.54) is 7.11 Å². The van der Waals surface area contributed by atoms with E-state index in [2.05, 4.69) is 20.4 Å². The highest BCUT2D eigenvalue weighted by molar-refractivity contribution is 7.13. The number of hydrogen-bond donors (Lipinski definition) is 1. The second-order valence-electron chi connectivity index (χ2n) is 7.19. The third kappa shape index (κ3) is 4.75. The van der Waals surface area contributed by atoms with Crippen LogP contribution in [0.1, 0.15) is 12.8 Å². The number of nitrogens with one attached hydrogen (secondary N) is 1. The van der Waals surface area contributed by atoms with E-state index in [9.17, 15) is 4.79 Å². The Kier molecular flexibility index (Phi) is 6.58. The van der Waals surface area contributed by atoms with Crippen molar-refractivity contribution in [3.8, 4) is 22.1 Å². The number of aromatic nitrogens is 2. The van der Waals surface area contributed by atoms with Gasteiger partial charge >= 0.3 is 0 Å². The molecule has 0 atom stereocenters. The zero-order valence-electron chi connectivity index (χ0n) is 17.3. The molecule has 1 aliphatic heterocycles. The summed E-state index contributed by atoms with van der Waals surface area (Å²) < 4.78 is 10.6. The summed E-state index contributed by atoms with van der Waals surface area (Å²) in [6.45, 7) is 1.48. The lowest BCUT2D eigenvalue weighted by molar-refractivity contribution is -0.120. The smallest absolute Gasteiger partial charge is 0.227 e. The second kappa shape index (κ2) is 9.53. The Morgan fingerprint density at radius 1 is 1.13 bits per heavy atom. The molecule has 0 saturated carbocycles. The summed E-state index contributed by atoms with van der Waals surface area (Å²) >= 11 is 7.85. The van der Waals surface area contributed by atoms with Crippen molar-refractivity contribution < 1.29 is 14.3 Å². The van der Waals surface area contributed by atoms with Gasteiger partial charge in [-0.3, -0.25) is 4.79 Å². The first-order valence-corrected chi connectivity index (χ1v) is 11.2. The summed E-state index contributed by atoms with van der Waals surface area (Å²) in [6.07, 6.45) is 1.46. The van der Waals surface area contributed by atoms with Gasteiger partial charge in [0.15, 0.2) is 5.82 Å². The van der Waals surface area contributed by atoms with Crippen LogP contribution in [-0.2, 0) is 4.79 Å². The van der Waals surface area contributed by atoms with Crippen LogP contribution in [0.25, 0.3) is 10.6 Å². The van der Waals surface area contributed by atoms with Gasteiger partial charge in [0.05, 0.1) is 29.8 Å². The number of amides is 1. The molecule has 1 saturated heterocycles. The van der Waals surface area contributed by atoms with Crippen molar-refractivity contribution in [1.29, 1.82) is 0 Å². The molecule has 31 heavy (non-hydrogen) atoms. The van der Waals surface area contributed by atoms with E-state index < -0.39 is 0 Å². The van der Waals surface area contributed by atoms with Crippen LogP contribution in [0.3, 0.4) is 0 Å². The van der Waals surface area contributed by atoms with E-state index in [1.807, 2.05) is 29.6 Å². The van der Waals surface area contributed by atoms with E-state index in [4.69, 9.17) is 21.1 Å². The highest BCUT2D eigenvalue weighted by Gasteiger charge is 2.27. The second-order valence-corrected chi connectivity index (χ2v) is 8.55. The molecule has 0 spiro atoms. The number of halogens is 1. The molecule has 3 aromatic rings. The van der Waals surface area contributed by atoms with Gasteiger partial charge in [0.25, 0.3) is 0 Å². The van der Waals surface area contributed by atoms with Crippen molar-refractivity contribution in [3.05, 3.63) is 46.8 Å². The maximum atomic E-state index is 12.8. The largest absolute Gasteiger partial charge is 0.495 e. The molecular formula is C22H23ClN4O3S. The first kappa shape index (κ1) is 21.4. The molecule has 1 N–H and O–H groups in total. The molecule has 1 aromatic carbocycles. The van der Waals surface area contributed by atoms with Crippen LogP contribution in [0.5, 0.6) is 11.5 Å². The van der Waals surface area contributed by atoms with Crippen molar-refractivity contribution in [2.75, 3.05) is 37.5 Å². The Bertz CT molecular complexity index is 1040. The van der Waals surface area contributed by atoms with Crippen LogP contribution in [0.2, 0.25) is 5.02 Å². The first-order chi connectivity index (χ1) is 15.1. The Morgan fingerprint density at radius 2 is 1.90 bits per heavy atom. The predicted molar refractivity (Wildman–Crippen MR) is 123 cm³/mol. The summed E-state index contributed by atoms with van der Waals surface area (Å²) in [5.41, 5.74) is 1.41. The molecule has 0 radical (unpaired) electrons. The number of ether oxygens (including phenoxy) is 2. The van der Waals surface area contributed by atoms with Crippen molar-refractivity contribution in [2.24, 2.45) is 5.92 Å². The molecule has 1 fully saturated rings. The van der Waals surface area contributed by atoms with Crippen LogP contribution in [0.15, 0.2) is 41.8 Å². The van der Waals surface area contributed by atoms with Gasteiger partial charge in [-0.15, -0.1) is 21.5 Å². The van der Waals surface area contributed by atoms with E-state index in [-0.39, 0.29) is 11.8 Å². The molecule has 0 bridgehead atoms. The van der Waals surface area contributed by atoms with Crippen LogP contribution in [0, 0.1) is 5.92 Å². The van der Waals surface area contributed by atoms with Crippen molar-refractivity contribution in [2.45, 2.75) is 12.8 Å². The van der Waals surface area contributed by atoms with Gasteiger partial charge in [0.2, 0.25) is 5.91 Å². The minimum atomic E-state index is -0.0971. The van der Waals surface area contributed by atoms with Gasteiger partial charge in [-0.2, -0.15) is 0 Å². The molecule has 3 heterocycles. The zero-order valence-corrected chi connectivity index (χ0v) is 18.9. The molecular weight excluding hydrogens is 436 g/mol. The van der Waals surface area contributed by atoms with E-state index >= 15 is 0 Å². The highest BCUT2D eigenvalue weighted by atomic mass is 35.5. The number of piperidine rings is 1. The van der Waals surface area contributed by atoms with E-state index in [1.54, 1.807) is 30.6 Å². The molecule has 2 aromatic heterocycles. The van der Waals surface area contributed by atoms with Gasteiger partial charge in [-0.05, 0) is 42.5 Å². The van der Waals surface area contributed by atoms with Crippen LogP contribution in [0.4, 0.5) is 11.5 Å².